The second-order valence-electron chi connectivity index (χ2n) is 6.26. The van der Waals surface area contributed by atoms with E-state index in [0.29, 0.717) is 0 Å². The standard InChI is InChI=1S/C22H26N2O/c1-4-13-24(14-5-2)22-19-15-18(25-3)11-12-21(19)23-16-20(22)17-9-7-6-8-10-17/h6-12,15-16H,4-5,13-14H2,1-3H3. The number of methoxy groups -OCH3 is 1. The highest BCUT2D eigenvalue weighted by Gasteiger charge is 2.17. The summed E-state index contributed by atoms with van der Waals surface area (Å²) in [7, 11) is 1.71. The van der Waals surface area contributed by atoms with Gasteiger partial charge in [0.15, 0.2) is 0 Å². The minimum atomic E-state index is 0.869. The average Bonchev–Trinajstić information content (AvgIpc) is 2.67. The summed E-state index contributed by atoms with van der Waals surface area (Å²) in [5.41, 5.74) is 4.65. The fourth-order valence-corrected chi connectivity index (χ4v) is 3.33. The van der Waals surface area contributed by atoms with Gasteiger partial charge in [-0.25, -0.2) is 0 Å². The van der Waals surface area contributed by atoms with Crippen LogP contribution in [0.3, 0.4) is 0 Å². The smallest absolute Gasteiger partial charge is 0.119 e. The number of anilines is 1. The molecule has 0 saturated carbocycles. The van der Waals surface area contributed by atoms with Crippen LogP contribution in [0.2, 0.25) is 0 Å². The maximum atomic E-state index is 5.48. The zero-order valence-corrected chi connectivity index (χ0v) is 15.3. The molecule has 0 fully saturated rings. The third-order valence-corrected chi connectivity index (χ3v) is 4.43. The summed E-state index contributed by atoms with van der Waals surface area (Å²) in [4.78, 5) is 7.21. The summed E-state index contributed by atoms with van der Waals surface area (Å²) in [5, 5.41) is 1.16. The maximum absolute atomic E-state index is 5.48. The molecule has 0 bridgehead atoms. The van der Waals surface area contributed by atoms with E-state index >= 15 is 0 Å². The lowest BCUT2D eigenvalue weighted by Gasteiger charge is -2.28. The Balaban J connectivity index is 2.28. The molecule has 0 atom stereocenters. The van der Waals surface area contributed by atoms with Gasteiger partial charge in [0.05, 0.1) is 18.3 Å². The van der Waals surface area contributed by atoms with Crippen LogP contribution < -0.4 is 9.64 Å². The lowest BCUT2D eigenvalue weighted by atomic mass is 10.0. The van der Waals surface area contributed by atoms with Crippen molar-refractivity contribution in [1.82, 2.24) is 4.98 Å². The molecule has 0 unspecified atom stereocenters. The molecule has 3 rings (SSSR count). The lowest BCUT2D eigenvalue weighted by molar-refractivity contribution is 0.415. The SMILES string of the molecule is CCCN(CCC)c1c(-c2ccccc2)cnc2ccc(OC)cc12. The van der Waals surface area contributed by atoms with Gasteiger partial charge in [0, 0.05) is 30.2 Å². The predicted molar refractivity (Wildman–Crippen MR) is 107 cm³/mol. The normalized spacial score (nSPS) is 10.8. The first-order chi connectivity index (χ1) is 12.3. The van der Waals surface area contributed by atoms with Crippen LogP contribution in [-0.2, 0) is 0 Å². The quantitative estimate of drug-likeness (QED) is 0.567. The molecule has 0 saturated heterocycles. The first-order valence-corrected chi connectivity index (χ1v) is 9.05. The van der Waals surface area contributed by atoms with Gasteiger partial charge >= 0.3 is 0 Å². The Kier molecular flexibility index (Phi) is 5.54. The molecule has 3 heteroatoms. The van der Waals surface area contributed by atoms with Crippen molar-refractivity contribution in [3.63, 3.8) is 0 Å². The number of benzene rings is 2. The van der Waals surface area contributed by atoms with E-state index in [0.717, 1.165) is 42.6 Å². The average molecular weight is 334 g/mol. The zero-order valence-electron chi connectivity index (χ0n) is 15.3. The highest BCUT2D eigenvalue weighted by molar-refractivity contribution is 6.00. The molecule has 0 N–H and O–H groups in total. The Labute approximate surface area is 150 Å². The third-order valence-electron chi connectivity index (χ3n) is 4.43. The molecule has 0 aliphatic heterocycles. The Morgan fingerprint density at radius 3 is 2.32 bits per heavy atom. The molecule has 0 aliphatic carbocycles. The van der Waals surface area contributed by atoms with Gasteiger partial charge in [-0.3, -0.25) is 4.98 Å². The van der Waals surface area contributed by atoms with E-state index in [9.17, 15) is 0 Å². The summed E-state index contributed by atoms with van der Waals surface area (Å²) in [6.07, 6.45) is 4.24. The molecule has 2 aromatic carbocycles. The van der Waals surface area contributed by atoms with Crippen LogP contribution in [0.5, 0.6) is 5.75 Å². The van der Waals surface area contributed by atoms with Gasteiger partial charge in [-0.2, -0.15) is 0 Å². The van der Waals surface area contributed by atoms with Crippen LogP contribution in [0.1, 0.15) is 26.7 Å². The van der Waals surface area contributed by atoms with Crippen LogP contribution in [0.15, 0.2) is 54.7 Å². The van der Waals surface area contributed by atoms with Crippen LogP contribution in [0.4, 0.5) is 5.69 Å². The van der Waals surface area contributed by atoms with Gasteiger partial charge < -0.3 is 9.64 Å². The van der Waals surface area contributed by atoms with Crippen molar-refractivity contribution in [3.05, 3.63) is 54.7 Å². The number of aromatic nitrogens is 1. The fraction of sp³-hybridized carbons (Fsp3) is 0.318. The number of ether oxygens (including phenoxy) is 1. The number of hydrogen-bond donors (Lipinski definition) is 0. The number of rotatable bonds is 7. The molecular formula is C22H26N2O. The fourth-order valence-electron chi connectivity index (χ4n) is 3.33. The summed E-state index contributed by atoms with van der Waals surface area (Å²) >= 11 is 0. The van der Waals surface area contributed by atoms with Crippen LogP contribution in [0.25, 0.3) is 22.0 Å². The van der Waals surface area contributed by atoms with Gasteiger partial charge in [0.2, 0.25) is 0 Å². The highest BCUT2D eigenvalue weighted by Crippen LogP contribution is 2.38. The van der Waals surface area contributed by atoms with Gasteiger partial charge in [-0.15, -0.1) is 0 Å². The van der Waals surface area contributed by atoms with Gasteiger partial charge in [-0.05, 0) is 36.6 Å². The van der Waals surface area contributed by atoms with Crippen LogP contribution in [0, 0.1) is 0 Å². The summed E-state index contributed by atoms with van der Waals surface area (Å²) < 4.78 is 5.48. The minimum absolute atomic E-state index is 0.869. The number of nitrogens with zero attached hydrogens (tertiary/aromatic N) is 2. The summed E-state index contributed by atoms with van der Waals surface area (Å²) in [6, 6.07) is 16.7. The zero-order chi connectivity index (χ0) is 17.6. The summed E-state index contributed by atoms with van der Waals surface area (Å²) in [5.74, 6) is 0.869. The number of fused-ring (bicyclic) bond motifs is 1. The van der Waals surface area contributed by atoms with Crippen LogP contribution in [-0.4, -0.2) is 25.2 Å². The van der Waals surface area contributed by atoms with Crippen molar-refractivity contribution in [2.24, 2.45) is 0 Å². The van der Waals surface area contributed by atoms with E-state index < -0.39 is 0 Å². The molecule has 0 aliphatic rings. The number of hydrogen-bond acceptors (Lipinski definition) is 3. The third kappa shape index (κ3) is 3.60. The van der Waals surface area contributed by atoms with E-state index in [1.165, 1.54) is 16.8 Å². The monoisotopic (exact) mass is 334 g/mol. The molecule has 0 spiro atoms. The van der Waals surface area contributed by atoms with Crippen molar-refractivity contribution in [3.8, 4) is 16.9 Å². The van der Waals surface area contributed by atoms with Gasteiger partial charge in [0.25, 0.3) is 0 Å². The molecule has 0 radical (unpaired) electrons. The first kappa shape index (κ1) is 17.3. The Morgan fingerprint density at radius 2 is 1.68 bits per heavy atom. The molecule has 25 heavy (non-hydrogen) atoms. The second kappa shape index (κ2) is 8.02. The molecule has 1 heterocycles. The largest absolute Gasteiger partial charge is 0.497 e. The maximum Gasteiger partial charge on any atom is 0.119 e. The topological polar surface area (TPSA) is 25.4 Å². The molecular weight excluding hydrogens is 308 g/mol. The molecule has 3 aromatic rings. The molecule has 130 valence electrons. The Morgan fingerprint density at radius 1 is 0.960 bits per heavy atom. The Hall–Kier alpha value is -2.55. The van der Waals surface area contributed by atoms with E-state index in [-0.39, 0.29) is 0 Å². The minimum Gasteiger partial charge on any atom is -0.497 e. The van der Waals surface area contributed by atoms with Crippen molar-refractivity contribution in [2.45, 2.75) is 26.7 Å². The second-order valence-corrected chi connectivity index (χ2v) is 6.26. The highest BCUT2D eigenvalue weighted by atomic mass is 16.5. The Bertz CT molecular complexity index is 824. The van der Waals surface area contributed by atoms with Crippen molar-refractivity contribution in [2.75, 3.05) is 25.1 Å². The van der Waals surface area contributed by atoms with Crippen LogP contribution >= 0.6 is 0 Å². The number of pyridine rings is 1. The van der Waals surface area contributed by atoms with Crippen molar-refractivity contribution < 1.29 is 4.74 Å². The van der Waals surface area contributed by atoms with Gasteiger partial charge in [0.1, 0.15) is 5.75 Å². The molecule has 3 nitrogen and oxygen atoms in total. The van der Waals surface area contributed by atoms with Gasteiger partial charge in [-0.1, -0.05) is 44.2 Å². The lowest BCUT2D eigenvalue weighted by Crippen LogP contribution is -2.26. The molecule has 1 aromatic heterocycles. The van der Waals surface area contributed by atoms with E-state index in [4.69, 9.17) is 9.72 Å². The van der Waals surface area contributed by atoms with E-state index in [1.807, 2.05) is 18.3 Å². The first-order valence-electron chi connectivity index (χ1n) is 9.05. The summed E-state index contributed by atoms with van der Waals surface area (Å²) in [6.45, 7) is 6.53. The van der Waals surface area contributed by atoms with Crippen molar-refractivity contribution in [1.29, 1.82) is 0 Å². The molecule has 0 amide bonds. The predicted octanol–water partition coefficient (Wildman–Crippen LogP) is 5.54. The van der Waals surface area contributed by atoms with E-state index in [2.05, 4.69) is 55.1 Å². The van der Waals surface area contributed by atoms with Crippen molar-refractivity contribution >= 4 is 16.6 Å². The van der Waals surface area contributed by atoms with E-state index in [1.54, 1.807) is 7.11 Å².